The Kier molecular flexibility index (Phi) is 18.6. The Morgan fingerprint density at radius 1 is 0.867 bits per heavy atom. The number of aliphatic hydroxyl groups excluding tert-OH is 3. The fraction of sp³-hybridized carbons (Fsp3) is 0.958. The molecule has 0 saturated heterocycles. The van der Waals surface area contributed by atoms with Crippen LogP contribution >= 0.6 is 0 Å². The number of aliphatic hydroxyl groups is 4. The van der Waals surface area contributed by atoms with E-state index in [1.165, 1.54) is 32.1 Å². The summed E-state index contributed by atoms with van der Waals surface area (Å²) in [6, 6.07) is 0. The number of carbonyl (C=O) groups is 1. The summed E-state index contributed by atoms with van der Waals surface area (Å²) in [6.07, 6.45) is 14.8. The summed E-state index contributed by atoms with van der Waals surface area (Å²) >= 11 is 0. The zero-order chi connectivity index (χ0) is 22.7. The Morgan fingerprint density at radius 3 is 1.87 bits per heavy atom. The van der Waals surface area contributed by atoms with E-state index in [0.717, 1.165) is 57.8 Å². The Morgan fingerprint density at radius 2 is 1.37 bits per heavy atom. The van der Waals surface area contributed by atoms with Crippen LogP contribution in [-0.2, 0) is 9.53 Å². The van der Waals surface area contributed by atoms with Crippen molar-refractivity contribution >= 4 is 5.97 Å². The van der Waals surface area contributed by atoms with Crippen LogP contribution in [-0.4, -0.2) is 57.9 Å². The number of unbranched alkanes of at least 4 members (excludes halogenated alkanes) is 10. The van der Waals surface area contributed by atoms with E-state index in [1.54, 1.807) is 6.92 Å². The summed E-state index contributed by atoms with van der Waals surface area (Å²) < 4.78 is 4.88. The monoisotopic (exact) mass is 432 g/mol. The maximum atomic E-state index is 11.5. The van der Waals surface area contributed by atoms with Gasteiger partial charge in [-0.15, -0.1) is 0 Å². The van der Waals surface area contributed by atoms with Gasteiger partial charge in [-0.2, -0.15) is 0 Å². The van der Waals surface area contributed by atoms with Crippen LogP contribution in [0.3, 0.4) is 0 Å². The van der Waals surface area contributed by atoms with Crippen LogP contribution < -0.4 is 0 Å². The van der Waals surface area contributed by atoms with Crippen LogP contribution in [0.1, 0.15) is 110 Å². The minimum Gasteiger partial charge on any atom is -0.463 e. The first kappa shape index (κ1) is 29.3. The molecule has 0 aliphatic heterocycles. The molecule has 0 rings (SSSR count). The molecule has 0 spiro atoms. The van der Waals surface area contributed by atoms with Crippen molar-refractivity contribution in [3.8, 4) is 0 Å². The molecule has 0 aromatic heterocycles. The summed E-state index contributed by atoms with van der Waals surface area (Å²) in [7, 11) is 0. The summed E-state index contributed by atoms with van der Waals surface area (Å²) in [5.74, 6) is -0.177. The van der Waals surface area contributed by atoms with Gasteiger partial charge in [0.1, 0.15) is 12.7 Å². The van der Waals surface area contributed by atoms with Gasteiger partial charge >= 0.3 is 5.97 Å². The van der Waals surface area contributed by atoms with E-state index >= 15 is 0 Å². The van der Waals surface area contributed by atoms with Crippen molar-refractivity contribution in [2.75, 3.05) is 19.8 Å². The Labute approximate surface area is 184 Å². The molecule has 0 aliphatic carbocycles. The lowest BCUT2D eigenvalue weighted by atomic mass is 9.81. The quantitative estimate of drug-likeness (QED) is 0.161. The molecule has 0 bridgehead atoms. The van der Waals surface area contributed by atoms with E-state index in [4.69, 9.17) is 14.9 Å². The highest BCUT2D eigenvalue weighted by Crippen LogP contribution is 2.28. The Bertz CT molecular complexity index is 399. The maximum Gasteiger partial charge on any atom is 0.305 e. The van der Waals surface area contributed by atoms with Gasteiger partial charge in [0.25, 0.3) is 0 Å². The molecule has 30 heavy (non-hydrogen) atoms. The summed E-state index contributed by atoms with van der Waals surface area (Å²) in [4.78, 5) is 11.5. The van der Waals surface area contributed by atoms with E-state index < -0.39 is 18.3 Å². The normalized spacial score (nSPS) is 15.5. The highest BCUT2D eigenvalue weighted by Gasteiger charge is 2.30. The van der Waals surface area contributed by atoms with E-state index in [1.807, 2.05) is 0 Å². The molecule has 0 saturated carbocycles. The van der Waals surface area contributed by atoms with Gasteiger partial charge in [-0.05, 0) is 32.1 Å². The summed E-state index contributed by atoms with van der Waals surface area (Å²) in [5.41, 5.74) is -0.993. The van der Waals surface area contributed by atoms with Crippen LogP contribution in [0.15, 0.2) is 0 Å². The van der Waals surface area contributed by atoms with Crippen molar-refractivity contribution in [1.82, 2.24) is 0 Å². The molecule has 3 unspecified atom stereocenters. The minimum atomic E-state index is -0.995. The van der Waals surface area contributed by atoms with E-state index in [-0.39, 0.29) is 25.1 Å². The standard InChI is InChI=1S/C24H48O6/c1-3-4-5-6-9-12-15-21(24(2,29)20-26)16-13-10-7-8-11-14-17-23(28)30-19-22(27)18-25/h21-22,25-27,29H,3-20H2,1-2H3. The SMILES string of the molecule is CCCCCCCCC(CCCCCCCCC(=O)OCC(O)CO)C(C)(O)CO. The molecule has 6 heteroatoms. The lowest BCUT2D eigenvalue weighted by molar-refractivity contribution is -0.147. The van der Waals surface area contributed by atoms with Gasteiger partial charge in [0.05, 0.1) is 18.8 Å². The number of rotatable bonds is 21. The lowest BCUT2D eigenvalue weighted by Gasteiger charge is -2.31. The van der Waals surface area contributed by atoms with Crippen molar-refractivity contribution < 1.29 is 30.0 Å². The highest BCUT2D eigenvalue weighted by molar-refractivity contribution is 5.69. The number of carbonyl (C=O) groups excluding carboxylic acids is 1. The Balaban J connectivity index is 3.83. The topological polar surface area (TPSA) is 107 Å². The van der Waals surface area contributed by atoms with Crippen molar-refractivity contribution in [1.29, 1.82) is 0 Å². The minimum absolute atomic E-state index is 0.146. The first-order valence-corrected chi connectivity index (χ1v) is 12.1. The third-order valence-electron chi connectivity index (χ3n) is 5.94. The molecule has 0 aromatic carbocycles. The summed E-state index contributed by atoms with van der Waals surface area (Å²) in [6.45, 7) is 3.25. The van der Waals surface area contributed by atoms with Crippen molar-refractivity contribution in [3.63, 3.8) is 0 Å². The smallest absolute Gasteiger partial charge is 0.305 e. The molecule has 0 radical (unpaired) electrons. The molecule has 180 valence electrons. The molecule has 0 aliphatic rings. The molecule has 0 fully saturated rings. The molecule has 0 aromatic rings. The van der Waals surface area contributed by atoms with Crippen LogP contribution in [0.25, 0.3) is 0 Å². The van der Waals surface area contributed by atoms with Crippen molar-refractivity contribution in [2.24, 2.45) is 5.92 Å². The van der Waals surface area contributed by atoms with Crippen LogP contribution in [0, 0.1) is 5.92 Å². The predicted molar refractivity (Wildman–Crippen MR) is 120 cm³/mol. The lowest BCUT2D eigenvalue weighted by Crippen LogP contribution is -2.38. The number of hydrogen-bond donors (Lipinski definition) is 4. The molecule has 0 amide bonds. The summed E-state index contributed by atoms with van der Waals surface area (Å²) in [5, 5.41) is 37.9. The molecular weight excluding hydrogens is 384 g/mol. The zero-order valence-electron chi connectivity index (χ0n) is 19.5. The second kappa shape index (κ2) is 19.0. The fourth-order valence-corrected chi connectivity index (χ4v) is 3.75. The maximum absolute atomic E-state index is 11.5. The van der Waals surface area contributed by atoms with Gasteiger partial charge in [0.15, 0.2) is 0 Å². The molecular formula is C24H48O6. The third kappa shape index (κ3) is 16.1. The molecule has 3 atom stereocenters. The highest BCUT2D eigenvalue weighted by atomic mass is 16.5. The van der Waals surface area contributed by atoms with Crippen LogP contribution in [0.2, 0.25) is 0 Å². The third-order valence-corrected chi connectivity index (χ3v) is 5.94. The van der Waals surface area contributed by atoms with Gasteiger partial charge in [0.2, 0.25) is 0 Å². The van der Waals surface area contributed by atoms with E-state index in [9.17, 15) is 15.0 Å². The number of esters is 1. The van der Waals surface area contributed by atoms with Crippen LogP contribution in [0.4, 0.5) is 0 Å². The first-order valence-electron chi connectivity index (χ1n) is 12.1. The first-order chi connectivity index (χ1) is 14.4. The van der Waals surface area contributed by atoms with Gasteiger partial charge in [0, 0.05) is 6.42 Å². The largest absolute Gasteiger partial charge is 0.463 e. The second-order valence-corrected chi connectivity index (χ2v) is 8.95. The van der Waals surface area contributed by atoms with Crippen molar-refractivity contribution in [3.05, 3.63) is 0 Å². The molecule has 6 nitrogen and oxygen atoms in total. The van der Waals surface area contributed by atoms with E-state index in [0.29, 0.717) is 6.42 Å². The number of ether oxygens (including phenoxy) is 1. The zero-order valence-corrected chi connectivity index (χ0v) is 19.5. The van der Waals surface area contributed by atoms with E-state index in [2.05, 4.69) is 6.92 Å². The molecule has 4 N–H and O–H groups in total. The van der Waals surface area contributed by atoms with Gasteiger partial charge in [-0.3, -0.25) is 4.79 Å². The molecule has 0 heterocycles. The average molecular weight is 433 g/mol. The second-order valence-electron chi connectivity index (χ2n) is 8.95. The van der Waals surface area contributed by atoms with Gasteiger partial charge in [-0.25, -0.2) is 0 Å². The van der Waals surface area contributed by atoms with Gasteiger partial charge in [-0.1, -0.05) is 77.6 Å². The predicted octanol–water partition coefficient (Wildman–Crippen LogP) is 4.11. The number of hydrogen-bond acceptors (Lipinski definition) is 6. The van der Waals surface area contributed by atoms with Crippen molar-refractivity contribution in [2.45, 2.75) is 122 Å². The average Bonchev–Trinajstić information content (AvgIpc) is 2.74. The van der Waals surface area contributed by atoms with Crippen LogP contribution in [0.5, 0.6) is 0 Å². The van der Waals surface area contributed by atoms with Gasteiger partial charge < -0.3 is 25.2 Å². The Hall–Kier alpha value is -0.690. The fourth-order valence-electron chi connectivity index (χ4n) is 3.75.